The Morgan fingerprint density at radius 3 is 2.90 bits per heavy atom. The lowest BCUT2D eigenvalue weighted by molar-refractivity contribution is -0.113. The summed E-state index contributed by atoms with van der Waals surface area (Å²) in [6.07, 6.45) is 1.74. The maximum atomic E-state index is 12.4. The molecule has 148 valence electrons. The molecule has 0 unspecified atom stereocenters. The molecule has 0 aliphatic heterocycles. The van der Waals surface area contributed by atoms with E-state index in [1.54, 1.807) is 6.20 Å². The summed E-state index contributed by atoms with van der Waals surface area (Å²) in [5.74, 6) is 0.824. The molecule has 0 fully saturated rings. The lowest BCUT2D eigenvalue weighted by Gasteiger charge is -2.09. The number of aryl methyl sites for hydroxylation is 2. The fraction of sp³-hybridized carbons (Fsp3) is 0.200. The Bertz CT molecular complexity index is 1210. The zero-order valence-corrected chi connectivity index (χ0v) is 17.9. The fourth-order valence-electron chi connectivity index (χ4n) is 2.94. The average molecular weight is 425 g/mol. The predicted octanol–water partition coefficient (Wildman–Crippen LogP) is 4.02. The summed E-state index contributed by atoms with van der Waals surface area (Å²) in [7, 11) is 1.87. The molecule has 0 radical (unpaired) electrons. The third-order valence-electron chi connectivity index (χ3n) is 4.54. The number of pyridine rings is 1. The van der Waals surface area contributed by atoms with Crippen molar-refractivity contribution in [3.05, 3.63) is 47.7 Å². The molecule has 1 aromatic carbocycles. The molecule has 7 nitrogen and oxygen atoms in total. The van der Waals surface area contributed by atoms with E-state index in [0.717, 1.165) is 31.9 Å². The van der Waals surface area contributed by atoms with Crippen LogP contribution in [0.3, 0.4) is 0 Å². The topological polar surface area (TPSA) is 98.7 Å². The Kier molecular flexibility index (Phi) is 5.25. The quantitative estimate of drug-likeness (QED) is 0.470. The van der Waals surface area contributed by atoms with E-state index in [1.165, 1.54) is 23.1 Å². The van der Waals surface area contributed by atoms with Crippen molar-refractivity contribution in [3.63, 3.8) is 0 Å². The van der Waals surface area contributed by atoms with E-state index in [2.05, 4.69) is 20.5 Å². The first-order valence-corrected chi connectivity index (χ1v) is 10.8. The van der Waals surface area contributed by atoms with Crippen LogP contribution in [0.5, 0.6) is 0 Å². The van der Waals surface area contributed by atoms with E-state index in [-0.39, 0.29) is 11.7 Å². The molecule has 0 aliphatic carbocycles. The van der Waals surface area contributed by atoms with Gasteiger partial charge in [-0.25, -0.2) is 4.98 Å². The highest BCUT2D eigenvalue weighted by atomic mass is 32.2. The van der Waals surface area contributed by atoms with E-state index >= 15 is 0 Å². The number of carbonyl (C=O) groups excluding carboxylic acids is 1. The highest BCUT2D eigenvalue weighted by Crippen LogP contribution is 2.39. The van der Waals surface area contributed by atoms with Crippen molar-refractivity contribution < 1.29 is 4.79 Å². The van der Waals surface area contributed by atoms with Crippen molar-refractivity contribution in [1.82, 2.24) is 19.7 Å². The number of hydrogen-bond donors (Lipinski definition) is 2. The number of amides is 1. The number of benzene rings is 1. The minimum absolute atomic E-state index is 0.0844. The number of anilines is 2. The van der Waals surface area contributed by atoms with Crippen LogP contribution in [0.1, 0.15) is 11.1 Å². The number of fused-ring (bicyclic) bond motifs is 1. The van der Waals surface area contributed by atoms with E-state index in [0.29, 0.717) is 16.7 Å². The normalized spacial score (nSPS) is 11.1. The minimum atomic E-state index is -0.0844. The highest BCUT2D eigenvalue weighted by molar-refractivity contribution is 7.99. The lowest BCUT2D eigenvalue weighted by atomic mass is 10.1. The number of thioether (sulfide) groups is 1. The first kappa shape index (κ1) is 19.4. The Hall–Kier alpha value is -2.91. The van der Waals surface area contributed by atoms with Crippen molar-refractivity contribution in [3.8, 4) is 10.7 Å². The minimum Gasteiger partial charge on any atom is -0.397 e. The summed E-state index contributed by atoms with van der Waals surface area (Å²) in [6.45, 7) is 3.97. The van der Waals surface area contributed by atoms with Crippen LogP contribution >= 0.6 is 23.1 Å². The average Bonchev–Trinajstić information content (AvgIpc) is 3.23. The van der Waals surface area contributed by atoms with Gasteiger partial charge in [-0.2, -0.15) is 0 Å². The van der Waals surface area contributed by atoms with Crippen LogP contribution in [0.25, 0.3) is 20.9 Å². The molecular weight excluding hydrogens is 404 g/mol. The number of rotatable bonds is 5. The second-order valence-electron chi connectivity index (χ2n) is 6.72. The Labute approximate surface area is 176 Å². The summed E-state index contributed by atoms with van der Waals surface area (Å²) < 4.78 is 1.86. The number of thiophene rings is 1. The molecule has 0 bridgehead atoms. The predicted molar refractivity (Wildman–Crippen MR) is 119 cm³/mol. The van der Waals surface area contributed by atoms with Gasteiger partial charge in [0, 0.05) is 24.3 Å². The first-order valence-electron chi connectivity index (χ1n) is 8.96. The Balaban J connectivity index is 1.49. The molecular formula is C20H20N6OS2. The van der Waals surface area contributed by atoms with Crippen LogP contribution in [0, 0.1) is 13.8 Å². The number of aromatic nitrogens is 4. The molecule has 1 amide bonds. The maximum Gasteiger partial charge on any atom is 0.234 e. The zero-order chi connectivity index (χ0) is 20.5. The summed E-state index contributed by atoms with van der Waals surface area (Å²) in [6, 6.07) is 9.80. The number of nitrogens with zero attached hydrogens (tertiary/aromatic N) is 4. The smallest absolute Gasteiger partial charge is 0.234 e. The Morgan fingerprint density at radius 2 is 2.10 bits per heavy atom. The number of nitrogens with two attached hydrogens (primary N) is 1. The first-order chi connectivity index (χ1) is 13.9. The molecule has 9 heteroatoms. The molecule has 0 aliphatic rings. The van der Waals surface area contributed by atoms with E-state index in [4.69, 9.17) is 5.73 Å². The molecule has 3 aromatic heterocycles. The van der Waals surface area contributed by atoms with Gasteiger partial charge in [-0.1, -0.05) is 23.9 Å². The molecule has 29 heavy (non-hydrogen) atoms. The number of carbonyl (C=O) groups is 1. The number of hydrogen-bond acceptors (Lipinski definition) is 7. The standard InChI is InChI=1S/C20H20N6OS2/c1-11-6-7-12(2)14(9-11)23-15(27)10-28-20-25-24-18(26(20)3)17-16(21)13-5-4-8-22-19(13)29-17/h4-9H,10,21H2,1-3H3,(H,23,27). The third kappa shape index (κ3) is 3.83. The summed E-state index contributed by atoms with van der Waals surface area (Å²) in [5, 5.41) is 13.1. The van der Waals surface area contributed by atoms with Crippen molar-refractivity contribution in [1.29, 1.82) is 0 Å². The van der Waals surface area contributed by atoms with Crippen LogP contribution in [0.15, 0.2) is 41.7 Å². The Morgan fingerprint density at radius 1 is 1.28 bits per heavy atom. The van der Waals surface area contributed by atoms with Gasteiger partial charge >= 0.3 is 0 Å². The SMILES string of the molecule is Cc1ccc(C)c(NC(=O)CSc2nnc(-c3sc4ncccc4c3N)n2C)c1. The molecule has 0 atom stereocenters. The summed E-state index contributed by atoms with van der Waals surface area (Å²) in [5.41, 5.74) is 9.92. The van der Waals surface area contributed by atoms with Crippen LogP contribution in [-0.4, -0.2) is 31.4 Å². The van der Waals surface area contributed by atoms with Crippen LogP contribution < -0.4 is 11.1 Å². The molecule has 3 heterocycles. The van der Waals surface area contributed by atoms with E-state index < -0.39 is 0 Å². The zero-order valence-electron chi connectivity index (χ0n) is 16.3. The summed E-state index contributed by atoms with van der Waals surface area (Å²) in [4.78, 5) is 18.5. The second kappa shape index (κ2) is 7.84. The number of nitrogen functional groups attached to an aromatic ring is 1. The molecule has 4 rings (SSSR count). The largest absolute Gasteiger partial charge is 0.397 e. The van der Waals surface area contributed by atoms with E-state index in [1.807, 2.05) is 55.8 Å². The monoisotopic (exact) mass is 424 g/mol. The molecule has 0 saturated carbocycles. The van der Waals surface area contributed by atoms with Crippen LogP contribution in [0.2, 0.25) is 0 Å². The lowest BCUT2D eigenvalue weighted by Crippen LogP contribution is -2.15. The fourth-order valence-corrected chi connectivity index (χ4v) is 4.74. The van der Waals surface area contributed by atoms with Gasteiger partial charge in [0.15, 0.2) is 11.0 Å². The molecule has 0 saturated heterocycles. The third-order valence-corrected chi connectivity index (χ3v) is 6.69. The van der Waals surface area contributed by atoms with E-state index in [9.17, 15) is 4.79 Å². The van der Waals surface area contributed by atoms with Crippen molar-refractivity contribution in [2.24, 2.45) is 7.05 Å². The van der Waals surface area contributed by atoms with Gasteiger partial charge in [0.05, 0.1) is 16.3 Å². The van der Waals surface area contributed by atoms with Gasteiger partial charge in [-0.3, -0.25) is 4.79 Å². The van der Waals surface area contributed by atoms with Crippen molar-refractivity contribution in [2.75, 3.05) is 16.8 Å². The van der Waals surface area contributed by atoms with Gasteiger partial charge in [0.25, 0.3) is 0 Å². The molecule has 3 N–H and O–H groups in total. The summed E-state index contributed by atoms with van der Waals surface area (Å²) >= 11 is 2.82. The maximum absolute atomic E-state index is 12.4. The molecule has 0 spiro atoms. The highest BCUT2D eigenvalue weighted by Gasteiger charge is 2.19. The molecule has 4 aromatic rings. The van der Waals surface area contributed by atoms with Gasteiger partial charge < -0.3 is 15.6 Å². The van der Waals surface area contributed by atoms with Gasteiger partial charge in [0.1, 0.15) is 4.83 Å². The van der Waals surface area contributed by atoms with Crippen molar-refractivity contribution >= 4 is 50.6 Å². The van der Waals surface area contributed by atoms with Crippen LogP contribution in [-0.2, 0) is 11.8 Å². The van der Waals surface area contributed by atoms with Crippen LogP contribution in [0.4, 0.5) is 11.4 Å². The van der Waals surface area contributed by atoms with Gasteiger partial charge in [-0.05, 0) is 43.2 Å². The van der Waals surface area contributed by atoms with Crippen molar-refractivity contribution in [2.45, 2.75) is 19.0 Å². The number of nitrogens with one attached hydrogen (secondary N) is 1. The second-order valence-corrected chi connectivity index (χ2v) is 8.66. The van der Waals surface area contributed by atoms with Gasteiger partial charge in [-0.15, -0.1) is 21.5 Å². The van der Waals surface area contributed by atoms with Gasteiger partial charge in [0.2, 0.25) is 5.91 Å².